The molecular weight excluding hydrogens is 1990 g/mol. The van der Waals surface area contributed by atoms with E-state index >= 15 is 0 Å². The molecule has 16 aromatic rings. The van der Waals surface area contributed by atoms with Crippen molar-refractivity contribution in [1.82, 2.24) is 99.7 Å². The van der Waals surface area contributed by atoms with Gasteiger partial charge in [0.1, 0.15) is 72.6 Å². The first kappa shape index (κ1) is 120. The first-order valence-corrected chi connectivity index (χ1v) is 53.4. The summed E-state index contributed by atoms with van der Waals surface area (Å²) in [5.74, 6) is 4.96. The monoisotopic (exact) mass is 2130 g/mol. The summed E-state index contributed by atoms with van der Waals surface area (Å²) >= 11 is 17.3. The number of thiazole rings is 1. The van der Waals surface area contributed by atoms with Gasteiger partial charge >= 0.3 is 12.0 Å². The van der Waals surface area contributed by atoms with Crippen molar-refractivity contribution in [2.45, 2.75) is 321 Å². The van der Waals surface area contributed by atoms with Gasteiger partial charge in [0.2, 0.25) is 11.9 Å². The number of fused-ring (bicyclic) bond motifs is 6. The fourth-order valence-electron chi connectivity index (χ4n) is 12.7. The van der Waals surface area contributed by atoms with Crippen LogP contribution in [0.25, 0.3) is 66.1 Å². The standard InChI is InChI=1S/C14H20N4S.C14H16N2OS.C13H17N3S.C12H19N5.2C12H16N4S.C12H14N2O.C10H15NO.C8H10ClNO2S2/c1-8(2)11-12-10(17-13(15)18-11)6-9(7-16-12)19-14(3,4)5;1-14(2,3)18-12-9-15-13(16-10-12)17-11-7-5-4-6-8-11;1-8-15-11-7-9(17-13(2,3)4)5-6-10(11)12(14)16-8;1-8(2)17-11-10(15-16-17)6-9(7-13-11)14-12(3,4)5;1-7-15-9-5-8(17-12(2,3)4)6-14-10(9)11(13)16-7;1-12(2,3)17-7-4-5-8-9(6-7)15-11(14)16-10(8)13;1-12(2,3)15-9-4-5-10-11(8-9)14-7-6-13-10;1-8-5-9(7-11-6-8)12-10(2,3)4;1-8(2,3)14-7-10-4(6(11)12)5(9)13-7/h6-8H,1-5H3,(H2,15,17,18);4-10H,1-3H3;5-7H,1-4H3,(H2,14,15,16);6-8,14H,1-5H3;5-6H,1-4H3,(H2,13,15,16);4-6H,1-3H3,(H4,13,14,15,16);4-8H,1-3H3;5-7H,1-4H3;1-3H3,(H,11,12). The van der Waals surface area contributed by atoms with Crippen molar-refractivity contribution in [2.24, 2.45) is 0 Å². The van der Waals surface area contributed by atoms with E-state index in [1.54, 1.807) is 78.0 Å². The van der Waals surface area contributed by atoms with Crippen LogP contribution in [0.1, 0.15) is 260 Å². The fraction of sp³-hybridized carbons (Fsp3) is 0.421. The molecule has 0 saturated carbocycles. The smallest absolute Gasteiger partial charge is 0.357 e. The van der Waals surface area contributed by atoms with Gasteiger partial charge in [0.15, 0.2) is 21.5 Å². The van der Waals surface area contributed by atoms with Crippen LogP contribution in [0.15, 0.2) is 194 Å². The van der Waals surface area contributed by atoms with Gasteiger partial charge in [0.25, 0.3) is 0 Å². The molecule has 0 unspecified atom stereocenters. The Labute approximate surface area is 894 Å². The Morgan fingerprint density at radius 1 is 0.418 bits per heavy atom. The van der Waals surface area contributed by atoms with Crippen LogP contribution in [0.5, 0.6) is 23.3 Å². The summed E-state index contributed by atoms with van der Waals surface area (Å²) in [6.07, 6.45) is 16.1. The molecule has 0 spiro atoms. The molecule has 0 bridgehead atoms. The number of para-hydroxylation sites is 1. The number of anilines is 6. The SMILES string of the molecule is CC(C)(C)Oc1ccc2nccnc2c1.CC(C)(C)Sc1ccc2c(N)nc(N)nc2c1.CC(C)(C)Sc1cnc(Oc2ccccc2)nc1.CC(C)(C)Sc1nc(C(=O)O)c(Cl)s1.CC(C)c1nc(N)nc2cc(SC(C)(C)C)cnc12.CC(C)n1nnc2cc(NC(C)(C)C)cnc21.Cc1cncc(OC(C)(C)C)c1.Cc1nc(N)c2ccc(SC(C)(C)C)cc2n1.Cc1nc(N)c2ncc(SC(C)(C)C)cc2n1. The number of hydrogen-bond donors (Lipinski definition) is 7. The average molecular weight is 2130 g/mol. The number of carboxylic acids is 1. The summed E-state index contributed by atoms with van der Waals surface area (Å²) in [5.41, 5.74) is 39.8. The Bertz CT molecular complexity index is 6780. The maximum absolute atomic E-state index is 10.7. The Balaban J connectivity index is 0.000000201. The lowest BCUT2D eigenvalue weighted by molar-refractivity contribution is 0.0690. The molecule has 4 aromatic carbocycles. The fourth-order valence-corrected chi connectivity index (χ4v) is 20.4. The first-order chi connectivity index (χ1) is 67.5. The van der Waals surface area contributed by atoms with Crippen molar-refractivity contribution in [3.8, 4) is 23.3 Å². The predicted octanol–water partition coefficient (Wildman–Crippen LogP) is 28.1. The first-order valence-electron chi connectivity index (χ1n) is 47.3. The number of thioether (sulfide) groups is 6. The molecule has 0 fully saturated rings. The molecule has 0 atom stereocenters. The lowest BCUT2D eigenvalue weighted by atomic mass is 10.1. The zero-order valence-electron chi connectivity index (χ0n) is 90.4. The summed E-state index contributed by atoms with van der Waals surface area (Å²) in [4.78, 5) is 88.2. The second-order valence-corrected chi connectivity index (χ2v) is 56.2. The molecule has 12 aromatic heterocycles. The molecule has 0 amide bonds. The largest absolute Gasteiger partial charge is 0.488 e. The van der Waals surface area contributed by atoms with Crippen LogP contribution in [-0.2, 0) is 0 Å². The number of halogens is 1. The molecule has 12 heterocycles. The van der Waals surface area contributed by atoms with Crippen molar-refractivity contribution < 1.29 is 24.1 Å². The quantitative estimate of drug-likeness (QED) is 0.0497. The third-order valence-electron chi connectivity index (χ3n) is 17.6. The topological polar surface area (TPSA) is 457 Å². The van der Waals surface area contributed by atoms with E-state index < -0.39 is 5.97 Å². The lowest BCUT2D eigenvalue weighted by Crippen LogP contribution is -2.26. The van der Waals surface area contributed by atoms with Crippen LogP contribution >= 0.6 is 93.5 Å². The number of nitrogen functional groups attached to an aromatic ring is 5. The van der Waals surface area contributed by atoms with Crippen LogP contribution in [-0.4, -0.2) is 156 Å². The molecule has 12 N–H and O–H groups in total. The van der Waals surface area contributed by atoms with E-state index in [4.69, 9.17) is 59.6 Å². The van der Waals surface area contributed by atoms with Crippen LogP contribution in [0, 0.1) is 20.8 Å². The molecule has 0 aliphatic heterocycles. The minimum Gasteiger partial charge on any atom is -0.488 e. The number of nitrogens with zero attached hydrogens (tertiary/aromatic N) is 20. The summed E-state index contributed by atoms with van der Waals surface area (Å²) < 4.78 is 20.5. The van der Waals surface area contributed by atoms with Gasteiger partial charge < -0.3 is 53.3 Å². The predicted molar refractivity (Wildman–Crippen MR) is 614 cm³/mol. The van der Waals surface area contributed by atoms with Gasteiger partial charge in [-0.15, -0.1) is 63.9 Å². The van der Waals surface area contributed by atoms with Gasteiger partial charge in [-0.1, -0.05) is 197 Å². The third kappa shape index (κ3) is 42.7. The average Bonchev–Trinajstić information content (AvgIpc) is 1.38. The Morgan fingerprint density at radius 3 is 1.39 bits per heavy atom. The highest BCUT2D eigenvalue weighted by Gasteiger charge is 2.25. The van der Waals surface area contributed by atoms with E-state index in [1.807, 2.05) is 221 Å². The molecule has 146 heavy (non-hydrogen) atoms. The van der Waals surface area contributed by atoms with E-state index in [0.29, 0.717) is 50.9 Å². The maximum Gasteiger partial charge on any atom is 0.357 e. The lowest BCUT2D eigenvalue weighted by Gasteiger charge is -2.21. The Morgan fingerprint density at radius 2 is 0.884 bits per heavy atom. The highest BCUT2D eigenvalue weighted by atomic mass is 35.5. The number of aryl methyl sites for hydroxylation is 3. The van der Waals surface area contributed by atoms with Crippen molar-refractivity contribution in [1.29, 1.82) is 0 Å². The maximum atomic E-state index is 10.7. The van der Waals surface area contributed by atoms with Gasteiger partial charge in [-0.2, -0.15) is 4.98 Å². The van der Waals surface area contributed by atoms with Crippen molar-refractivity contribution in [3.63, 3.8) is 0 Å². The van der Waals surface area contributed by atoms with Gasteiger partial charge in [-0.05, 0) is 193 Å². The van der Waals surface area contributed by atoms with Crippen LogP contribution in [0.2, 0.25) is 4.34 Å². The minimum atomic E-state index is -1.08. The number of benzene rings is 4. The van der Waals surface area contributed by atoms with Crippen molar-refractivity contribution >= 4 is 201 Å². The molecule has 0 radical (unpaired) electrons. The number of carboxylic acid groups (broad SMARTS) is 1. The van der Waals surface area contributed by atoms with Crippen LogP contribution in [0.3, 0.4) is 0 Å². The number of carbonyl (C=O) groups is 1. The highest BCUT2D eigenvalue weighted by molar-refractivity contribution is 8.02. The number of ether oxygens (including phenoxy) is 3. The number of rotatable bonds is 14. The Kier molecular flexibility index (Phi) is 42.0. The Hall–Kier alpha value is -11.7. The van der Waals surface area contributed by atoms with Gasteiger partial charge in [-0.3, -0.25) is 19.9 Å². The highest BCUT2D eigenvalue weighted by Crippen LogP contribution is 2.42. The molecule has 0 saturated heterocycles. The number of nitrogens with one attached hydrogen (secondary N) is 1. The number of aromatic nitrogens is 20. The van der Waals surface area contributed by atoms with Gasteiger partial charge in [0.05, 0.1) is 62.9 Å². The van der Waals surface area contributed by atoms with Gasteiger partial charge in [0, 0.05) is 119 Å². The normalized spacial score (nSPS) is 11.9. The van der Waals surface area contributed by atoms with Crippen LogP contribution in [0.4, 0.5) is 35.0 Å². The van der Waals surface area contributed by atoms with Crippen LogP contribution < -0.4 is 48.2 Å². The molecular formula is C107H143ClN26O5S7. The molecule has 780 valence electrons. The minimum absolute atomic E-state index is 0.0109. The second-order valence-electron chi connectivity index (χ2n) is 43.0. The van der Waals surface area contributed by atoms with E-state index in [0.717, 1.165) is 114 Å². The van der Waals surface area contributed by atoms with Gasteiger partial charge in [-0.25, -0.2) is 69.3 Å². The number of nitrogens with two attached hydrogens (primary N) is 5. The zero-order valence-corrected chi connectivity index (χ0v) is 96.9. The second kappa shape index (κ2) is 51.3. The van der Waals surface area contributed by atoms with E-state index in [2.05, 4.69) is 265 Å². The van der Waals surface area contributed by atoms with E-state index in [9.17, 15) is 4.79 Å². The third-order valence-corrected chi connectivity index (χ3v) is 25.4. The van der Waals surface area contributed by atoms with Crippen molar-refractivity contribution in [3.05, 3.63) is 198 Å². The number of aromatic carboxylic acids is 1. The van der Waals surface area contributed by atoms with E-state index in [-0.39, 0.29) is 73.2 Å². The van der Waals surface area contributed by atoms with Crippen molar-refractivity contribution in [2.75, 3.05) is 34.0 Å². The summed E-state index contributed by atoms with van der Waals surface area (Å²) in [6, 6.07) is 36.1. The van der Waals surface area contributed by atoms with E-state index in [1.165, 1.54) is 28.0 Å². The molecule has 16 rings (SSSR count). The summed E-state index contributed by atoms with van der Waals surface area (Å²) in [7, 11) is 0. The summed E-state index contributed by atoms with van der Waals surface area (Å²) in [6.45, 7) is 71.2. The molecule has 39 heteroatoms. The molecule has 0 aliphatic rings. The number of hydrogen-bond acceptors (Lipinski definition) is 36. The number of pyridine rings is 4. The summed E-state index contributed by atoms with van der Waals surface area (Å²) in [5, 5.41) is 22.1. The zero-order chi connectivity index (χ0) is 109. The molecule has 0 aliphatic carbocycles. The molecule has 31 nitrogen and oxygen atoms in total.